The number of hydrogen-bond donors (Lipinski definition) is 1. The molecule has 1 fully saturated rings. The predicted molar refractivity (Wildman–Crippen MR) is 93.5 cm³/mol. The molecule has 0 saturated carbocycles. The number of halogens is 2. The SMILES string of the molecule is CSc1ccccc1-c1ccc(N2CCC(NC=O)C2=O)c(F)c1F. The zero-order valence-corrected chi connectivity index (χ0v) is 14.3. The molecule has 1 aliphatic rings. The van der Waals surface area contributed by atoms with Gasteiger partial charge in [-0.1, -0.05) is 18.2 Å². The smallest absolute Gasteiger partial charge is 0.249 e. The van der Waals surface area contributed by atoms with E-state index in [9.17, 15) is 18.4 Å². The predicted octanol–water partition coefficient (Wildman–Crippen LogP) is 3.21. The molecule has 0 bridgehead atoms. The van der Waals surface area contributed by atoms with Crippen molar-refractivity contribution < 1.29 is 18.4 Å². The van der Waals surface area contributed by atoms with Crippen molar-refractivity contribution in [3.05, 3.63) is 48.0 Å². The van der Waals surface area contributed by atoms with Gasteiger partial charge in [0.25, 0.3) is 0 Å². The monoisotopic (exact) mass is 362 g/mol. The van der Waals surface area contributed by atoms with Gasteiger partial charge in [0.2, 0.25) is 12.3 Å². The maximum absolute atomic E-state index is 14.7. The molecule has 3 rings (SSSR count). The van der Waals surface area contributed by atoms with Crippen LogP contribution in [0.1, 0.15) is 6.42 Å². The van der Waals surface area contributed by atoms with Crippen LogP contribution in [-0.4, -0.2) is 31.2 Å². The molecule has 130 valence electrons. The van der Waals surface area contributed by atoms with Crippen LogP contribution in [0.5, 0.6) is 0 Å². The minimum atomic E-state index is -1.06. The largest absolute Gasteiger partial charge is 0.347 e. The second kappa shape index (κ2) is 7.23. The fraction of sp³-hybridized carbons (Fsp3) is 0.222. The lowest BCUT2D eigenvalue weighted by molar-refractivity contribution is -0.121. The summed E-state index contributed by atoms with van der Waals surface area (Å²) < 4.78 is 29.4. The van der Waals surface area contributed by atoms with E-state index in [1.54, 1.807) is 12.1 Å². The van der Waals surface area contributed by atoms with Gasteiger partial charge in [0.15, 0.2) is 11.6 Å². The summed E-state index contributed by atoms with van der Waals surface area (Å²) in [7, 11) is 0. The number of carbonyl (C=O) groups is 2. The highest BCUT2D eigenvalue weighted by Gasteiger charge is 2.34. The minimum absolute atomic E-state index is 0.108. The molecular formula is C18H16F2N2O2S. The van der Waals surface area contributed by atoms with Gasteiger partial charge in [-0.2, -0.15) is 0 Å². The molecule has 0 spiro atoms. The summed E-state index contributed by atoms with van der Waals surface area (Å²) in [6.07, 6.45) is 2.66. The fourth-order valence-corrected chi connectivity index (χ4v) is 3.59. The Morgan fingerprint density at radius 1 is 1.16 bits per heavy atom. The van der Waals surface area contributed by atoms with E-state index < -0.39 is 23.6 Å². The Kier molecular flexibility index (Phi) is 5.03. The Labute approximate surface area is 148 Å². The summed E-state index contributed by atoms with van der Waals surface area (Å²) in [6, 6.07) is 9.36. The van der Waals surface area contributed by atoms with Crippen LogP contribution >= 0.6 is 11.8 Å². The summed E-state index contributed by atoms with van der Waals surface area (Å²) in [4.78, 5) is 24.7. The van der Waals surface area contributed by atoms with Crippen LogP contribution in [0.25, 0.3) is 11.1 Å². The average molecular weight is 362 g/mol. The Bertz CT molecular complexity index is 829. The average Bonchev–Trinajstić information content (AvgIpc) is 2.98. The van der Waals surface area contributed by atoms with Crippen LogP contribution in [-0.2, 0) is 9.59 Å². The molecule has 1 N–H and O–H groups in total. The van der Waals surface area contributed by atoms with Crippen molar-refractivity contribution >= 4 is 29.8 Å². The lowest BCUT2D eigenvalue weighted by Crippen LogP contribution is -2.38. The first-order valence-electron chi connectivity index (χ1n) is 7.71. The maximum atomic E-state index is 14.7. The zero-order chi connectivity index (χ0) is 18.0. The summed E-state index contributed by atoms with van der Waals surface area (Å²) >= 11 is 1.45. The molecule has 25 heavy (non-hydrogen) atoms. The standard InChI is InChI=1S/C18H16F2N2O2S/c1-25-15-5-3-2-4-11(15)12-6-7-14(17(20)16(12)19)22-9-8-13(18(22)24)21-10-23/h2-7,10,13H,8-9H2,1H3,(H,21,23). The fourth-order valence-electron chi connectivity index (χ4n) is 2.98. The molecule has 1 aliphatic heterocycles. The van der Waals surface area contributed by atoms with Gasteiger partial charge in [0.1, 0.15) is 6.04 Å². The molecule has 0 aliphatic carbocycles. The number of nitrogens with one attached hydrogen (secondary N) is 1. The highest BCUT2D eigenvalue weighted by Crippen LogP contribution is 2.36. The summed E-state index contributed by atoms with van der Waals surface area (Å²) in [6.45, 7) is 0.224. The number of amides is 2. The summed E-state index contributed by atoms with van der Waals surface area (Å²) in [5.41, 5.74) is 0.648. The number of carbonyl (C=O) groups excluding carboxylic acids is 2. The van der Waals surface area contributed by atoms with Gasteiger partial charge in [-0.25, -0.2) is 8.78 Å². The zero-order valence-electron chi connectivity index (χ0n) is 13.5. The highest BCUT2D eigenvalue weighted by atomic mass is 32.2. The molecule has 2 aromatic rings. The third-order valence-electron chi connectivity index (χ3n) is 4.22. The van der Waals surface area contributed by atoms with E-state index in [0.29, 0.717) is 18.4 Å². The van der Waals surface area contributed by atoms with Crippen molar-refractivity contribution in [2.75, 3.05) is 17.7 Å². The first kappa shape index (κ1) is 17.4. The van der Waals surface area contributed by atoms with Gasteiger partial charge in [-0.3, -0.25) is 9.59 Å². The van der Waals surface area contributed by atoms with Crippen LogP contribution in [0.15, 0.2) is 41.3 Å². The van der Waals surface area contributed by atoms with Crippen molar-refractivity contribution in [1.82, 2.24) is 5.32 Å². The van der Waals surface area contributed by atoms with E-state index in [0.717, 1.165) is 4.90 Å². The molecule has 0 radical (unpaired) electrons. The van der Waals surface area contributed by atoms with Crippen molar-refractivity contribution in [3.8, 4) is 11.1 Å². The normalized spacial score (nSPS) is 17.0. The van der Waals surface area contributed by atoms with Crippen LogP contribution < -0.4 is 10.2 Å². The third kappa shape index (κ3) is 3.11. The molecule has 1 unspecified atom stereocenters. The van der Waals surface area contributed by atoms with Crippen LogP contribution in [0.3, 0.4) is 0 Å². The number of thioether (sulfide) groups is 1. The number of rotatable bonds is 5. The van der Waals surface area contributed by atoms with E-state index in [2.05, 4.69) is 5.32 Å². The number of benzene rings is 2. The molecule has 2 amide bonds. The van der Waals surface area contributed by atoms with E-state index in [1.807, 2.05) is 18.4 Å². The lowest BCUT2D eigenvalue weighted by Gasteiger charge is -2.19. The van der Waals surface area contributed by atoms with E-state index in [-0.39, 0.29) is 17.8 Å². The van der Waals surface area contributed by atoms with Gasteiger partial charge < -0.3 is 10.2 Å². The van der Waals surface area contributed by atoms with Gasteiger partial charge in [-0.05, 0) is 36.4 Å². The molecule has 7 heteroatoms. The van der Waals surface area contributed by atoms with Gasteiger partial charge in [0.05, 0.1) is 5.69 Å². The van der Waals surface area contributed by atoms with Crippen LogP contribution in [0.2, 0.25) is 0 Å². The Morgan fingerprint density at radius 3 is 2.64 bits per heavy atom. The lowest BCUT2D eigenvalue weighted by atomic mass is 10.0. The number of hydrogen-bond acceptors (Lipinski definition) is 3. The van der Waals surface area contributed by atoms with Crippen molar-refractivity contribution in [3.63, 3.8) is 0 Å². The Balaban J connectivity index is 1.99. The van der Waals surface area contributed by atoms with E-state index in [1.165, 1.54) is 28.8 Å². The molecular weight excluding hydrogens is 346 g/mol. The van der Waals surface area contributed by atoms with Crippen LogP contribution in [0.4, 0.5) is 14.5 Å². The molecule has 4 nitrogen and oxygen atoms in total. The number of nitrogens with zero attached hydrogens (tertiary/aromatic N) is 1. The molecule has 0 aromatic heterocycles. The minimum Gasteiger partial charge on any atom is -0.347 e. The highest BCUT2D eigenvalue weighted by molar-refractivity contribution is 7.98. The first-order chi connectivity index (χ1) is 12.1. The molecule has 1 atom stereocenters. The maximum Gasteiger partial charge on any atom is 0.249 e. The first-order valence-corrected chi connectivity index (χ1v) is 8.93. The van der Waals surface area contributed by atoms with Gasteiger partial charge in [0, 0.05) is 17.0 Å². The van der Waals surface area contributed by atoms with E-state index in [4.69, 9.17) is 0 Å². The second-order valence-corrected chi connectivity index (χ2v) is 6.42. The van der Waals surface area contributed by atoms with Crippen molar-refractivity contribution in [2.45, 2.75) is 17.4 Å². The van der Waals surface area contributed by atoms with E-state index >= 15 is 0 Å². The molecule has 2 aromatic carbocycles. The number of anilines is 1. The molecule has 1 heterocycles. The Hall–Kier alpha value is -2.41. The van der Waals surface area contributed by atoms with Gasteiger partial charge in [-0.15, -0.1) is 11.8 Å². The third-order valence-corrected chi connectivity index (χ3v) is 5.02. The quantitative estimate of drug-likeness (QED) is 0.656. The summed E-state index contributed by atoms with van der Waals surface area (Å²) in [5, 5.41) is 2.39. The Morgan fingerprint density at radius 2 is 1.92 bits per heavy atom. The van der Waals surface area contributed by atoms with Crippen molar-refractivity contribution in [2.24, 2.45) is 0 Å². The van der Waals surface area contributed by atoms with Crippen LogP contribution in [0, 0.1) is 11.6 Å². The summed E-state index contributed by atoms with van der Waals surface area (Å²) in [5.74, 6) is -2.49. The molecule has 1 saturated heterocycles. The van der Waals surface area contributed by atoms with Gasteiger partial charge >= 0.3 is 0 Å². The topological polar surface area (TPSA) is 49.4 Å². The second-order valence-electron chi connectivity index (χ2n) is 5.58. The van der Waals surface area contributed by atoms with Crippen molar-refractivity contribution in [1.29, 1.82) is 0 Å².